The Labute approximate surface area is 178 Å². The molecule has 5 heteroatoms. The lowest BCUT2D eigenvalue weighted by atomic mass is 9.83. The van der Waals surface area contributed by atoms with Crippen LogP contribution in [0.3, 0.4) is 0 Å². The van der Waals surface area contributed by atoms with Crippen molar-refractivity contribution in [3.05, 3.63) is 65.7 Å². The van der Waals surface area contributed by atoms with E-state index in [1.165, 1.54) is 5.56 Å². The molecule has 1 atom stereocenters. The number of likely N-dealkylation sites (tertiary alicyclic amines) is 1. The first-order valence-electron chi connectivity index (χ1n) is 10.9. The molecule has 30 heavy (non-hydrogen) atoms. The molecule has 4 rings (SSSR count). The van der Waals surface area contributed by atoms with Gasteiger partial charge in [-0.05, 0) is 42.5 Å². The lowest BCUT2D eigenvalue weighted by Crippen LogP contribution is -2.52. The summed E-state index contributed by atoms with van der Waals surface area (Å²) in [5.41, 5.74) is 2.05. The predicted octanol–water partition coefficient (Wildman–Crippen LogP) is 3.99. The summed E-state index contributed by atoms with van der Waals surface area (Å²) in [5, 5.41) is 0. The quantitative estimate of drug-likeness (QED) is 0.724. The van der Waals surface area contributed by atoms with Crippen LogP contribution in [0.4, 0.5) is 0 Å². The highest BCUT2D eigenvalue weighted by atomic mass is 16.5. The third-order valence-corrected chi connectivity index (χ3v) is 6.29. The second-order valence-electron chi connectivity index (χ2n) is 8.35. The fraction of sp³-hybridized carbons (Fsp3) is 0.480. The van der Waals surface area contributed by atoms with Gasteiger partial charge in [0.15, 0.2) is 0 Å². The summed E-state index contributed by atoms with van der Waals surface area (Å²) in [6, 6.07) is 18.0. The summed E-state index contributed by atoms with van der Waals surface area (Å²) in [5.74, 6) is 0.959. The third-order valence-electron chi connectivity index (χ3n) is 6.29. The fourth-order valence-corrected chi connectivity index (χ4v) is 4.49. The fourth-order valence-electron chi connectivity index (χ4n) is 4.49. The van der Waals surface area contributed by atoms with Crippen LogP contribution in [0, 0.1) is 0 Å². The van der Waals surface area contributed by atoms with E-state index in [-0.39, 0.29) is 17.6 Å². The molecule has 1 spiro atoms. The molecule has 2 aliphatic rings. The highest BCUT2D eigenvalue weighted by Gasteiger charge is 2.41. The summed E-state index contributed by atoms with van der Waals surface area (Å²) in [6.45, 7) is 2.87. The number of nitrogens with zero attached hydrogens (tertiary/aromatic N) is 1. The van der Waals surface area contributed by atoms with Crippen LogP contribution in [-0.4, -0.2) is 49.3 Å². The molecule has 5 nitrogen and oxygen atoms in total. The third kappa shape index (κ3) is 5.21. The van der Waals surface area contributed by atoms with Crippen molar-refractivity contribution in [1.82, 2.24) is 4.90 Å². The Morgan fingerprint density at radius 2 is 1.87 bits per heavy atom. The van der Waals surface area contributed by atoms with Crippen LogP contribution < -0.4 is 4.74 Å². The van der Waals surface area contributed by atoms with E-state index in [4.69, 9.17) is 14.2 Å². The number of hydrogen-bond acceptors (Lipinski definition) is 4. The van der Waals surface area contributed by atoms with Crippen molar-refractivity contribution >= 4 is 5.91 Å². The highest BCUT2D eigenvalue weighted by molar-refractivity contribution is 5.79. The largest absolute Gasteiger partial charge is 0.497 e. The Hall–Kier alpha value is -2.37. The molecule has 0 saturated carbocycles. The van der Waals surface area contributed by atoms with Gasteiger partial charge in [-0.3, -0.25) is 4.79 Å². The molecule has 0 aromatic heterocycles. The average molecular weight is 410 g/mol. The van der Waals surface area contributed by atoms with Crippen LogP contribution in [0.2, 0.25) is 0 Å². The molecule has 2 aliphatic heterocycles. The number of rotatable bonds is 6. The number of hydrogen-bond donors (Lipinski definition) is 0. The van der Waals surface area contributed by atoms with Gasteiger partial charge in [0, 0.05) is 26.1 Å². The predicted molar refractivity (Wildman–Crippen MR) is 115 cm³/mol. The molecule has 2 saturated heterocycles. The Morgan fingerprint density at radius 3 is 2.63 bits per heavy atom. The van der Waals surface area contributed by atoms with E-state index in [9.17, 15) is 4.79 Å². The first-order chi connectivity index (χ1) is 14.7. The topological polar surface area (TPSA) is 48.0 Å². The molecular weight excluding hydrogens is 378 g/mol. The van der Waals surface area contributed by atoms with Crippen molar-refractivity contribution in [2.75, 3.05) is 26.8 Å². The molecule has 0 bridgehead atoms. The number of carbonyl (C=O) groups is 1. The van der Waals surface area contributed by atoms with Crippen molar-refractivity contribution in [2.45, 2.75) is 50.4 Å². The molecule has 1 amide bonds. The van der Waals surface area contributed by atoms with Crippen LogP contribution in [0.5, 0.6) is 5.75 Å². The molecule has 0 radical (unpaired) electrons. The Balaban J connectivity index is 1.27. The molecule has 2 aromatic rings. The summed E-state index contributed by atoms with van der Waals surface area (Å²) in [7, 11) is 1.64. The van der Waals surface area contributed by atoms with Crippen LogP contribution in [0.1, 0.15) is 36.8 Å². The molecule has 2 fully saturated rings. The maximum absolute atomic E-state index is 12.8. The van der Waals surface area contributed by atoms with Gasteiger partial charge in [0.2, 0.25) is 5.91 Å². The number of benzene rings is 2. The summed E-state index contributed by atoms with van der Waals surface area (Å²) in [4.78, 5) is 14.8. The van der Waals surface area contributed by atoms with E-state index in [1.807, 2.05) is 47.4 Å². The van der Waals surface area contributed by atoms with Crippen LogP contribution in [0.25, 0.3) is 0 Å². The Kier molecular flexibility index (Phi) is 6.70. The van der Waals surface area contributed by atoms with E-state index in [1.54, 1.807) is 7.11 Å². The van der Waals surface area contributed by atoms with Crippen molar-refractivity contribution in [2.24, 2.45) is 0 Å². The average Bonchev–Trinajstić information content (AvgIpc) is 2.79. The molecule has 2 heterocycles. The minimum absolute atomic E-state index is 0.146. The van der Waals surface area contributed by atoms with Crippen LogP contribution >= 0.6 is 0 Å². The van der Waals surface area contributed by atoms with Gasteiger partial charge in [-0.15, -0.1) is 0 Å². The van der Waals surface area contributed by atoms with Crippen molar-refractivity contribution < 1.29 is 19.0 Å². The van der Waals surface area contributed by atoms with Gasteiger partial charge in [0.05, 0.1) is 31.8 Å². The minimum atomic E-state index is -0.146. The SMILES string of the molecule is COc1cccc(CC(=O)N2CCC3(CC2)CC(OCc2ccccc2)CCO3)c1. The van der Waals surface area contributed by atoms with Gasteiger partial charge in [-0.2, -0.15) is 0 Å². The van der Waals surface area contributed by atoms with Crippen molar-refractivity contribution in [1.29, 1.82) is 0 Å². The van der Waals surface area contributed by atoms with Crippen molar-refractivity contribution in [3.63, 3.8) is 0 Å². The lowest BCUT2D eigenvalue weighted by Gasteiger charge is -2.46. The Bertz CT molecular complexity index is 830. The minimum Gasteiger partial charge on any atom is -0.497 e. The van der Waals surface area contributed by atoms with E-state index in [0.717, 1.165) is 56.7 Å². The lowest BCUT2D eigenvalue weighted by molar-refractivity contribution is -0.162. The monoisotopic (exact) mass is 409 g/mol. The summed E-state index contributed by atoms with van der Waals surface area (Å²) < 4.78 is 17.7. The number of ether oxygens (including phenoxy) is 3. The second-order valence-corrected chi connectivity index (χ2v) is 8.35. The van der Waals surface area contributed by atoms with E-state index in [2.05, 4.69) is 12.1 Å². The molecule has 1 unspecified atom stereocenters. The van der Waals surface area contributed by atoms with E-state index < -0.39 is 0 Å². The smallest absolute Gasteiger partial charge is 0.226 e. The summed E-state index contributed by atoms with van der Waals surface area (Å²) >= 11 is 0. The van der Waals surface area contributed by atoms with E-state index in [0.29, 0.717) is 13.0 Å². The first kappa shape index (κ1) is 20.9. The molecule has 0 aliphatic carbocycles. The van der Waals surface area contributed by atoms with Gasteiger partial charge in [-0.1, -0.05) is 42.5 Å². The molecule has 2 aromatic carbocycles. The van der Waals surface area contributed by atoms with Crippen LogP contribution in [0.15, 0.2) is 54.6 Å². The highest BCUT2D eigenvalue weighted by Crippen LogP contribution is 2.36. The number of carbonyl (C=O) groups excluding carboxylic acids is 1. The molecule has 0 N–H and O–H groups in total. The van der Waals surface area contributed by atoms with Gasteiger partial charge >= 0.3 is 0 Å². The maximum Gasteiger partial charge on any atom is 0.226 e. The van der Waals surface area contributed by atoms with Gasteiger partial charge < -0.3 is 19.1 Å². The standard InChI is InChI=1S/C25H31NO4/c1-28-22-9-5-8-21(16-22)17-24(27)26-13-11-25(12-14-26)18-23(10-15-30-25)29-19-20-6-3-2-4-7-20/h2-9,16,23H,10-15,17-19H2,1H3. The normalized spacial score (nSPS) is 20.8. The zero-order valence-electron chi connectivity index (χ0n) is 17.7. The second kappa shape index (κ2) is 9.63. The van der Waals surface area contributed by atoms with Crippen molar-refractivity contribution in [3.8, 4) is 5.75 Å². The zero-order chi connectivity index (χ0) is 20.8. The zero-order valence-corrected chi connectivity index (χ0v) is 17.7. The molecule has 160 valence electrons. The number of methoxy groups -OCH3 is 1. The van der Waals surface area contributed by atoms with Gasteiger partial charge in [-0.25, -0.2) is 0 Å². The maximum atomic E-state index is 12.8. The van der Waals surface area contributed by atoms with Crippen LogP contribution in [-0.2, 0) is 27.3 Å². The summed E-state index contributed by atoms with van der Waals surface area (Å²) in [6.07, 6.45) is 4.24. The number of amides is 1. The van der Waals surface area contributed by atoms with E-state index >= 15 is 0 Å². The number of piperidine rings is 1. The van der Waals surface area contributed by atoms with Gasteiger partial charge in [0.25, 0.3) is 0 Å². The Morgan fingerprint density at radius 1 is 1.10 bits per heavy atom. The van der Waals surface area contributed by atoms with Gasteiger partial charge in [0.1, 0.15) is 5.75 Å². The first-order valence-corrected chi connectivity index (χ1v) is 10.9. The molecular formula is C25H31NO4.